The SMILES string of the molecule is Cc1cc(-c2ccccc2)nc(SCC(=O)N[C@@H](C)c2ccc3c(c2)OCCO3)n1. The molecule has 7 heteroatoms. The predicted octanol–water partition coefficient (Wildman–Crippen LogP) is 4.19. The molecule has 0 unspecified atom stereocenters. The van der Waals surface area contributed by atoms with Crippen LogP contribution >= 0.6 is 11.8 Å². The van der Waals surface area contributed by atoms with Crippen LogP contribution in [0.1, 0.15) is 24.2 Å². The molecule has 0 aliphatic carbocycles. The molecule has 1 atom stereocenters. The van der Waals surface area contributed by atoms with Crippen molar-refractivity contribution in [1.82, 2.24) is 15.3 Å². The second-order valence-corrected chi connectivity index (χ2v) is 7.97. The zero-order chi connectivity index (χ0) is 20.9. The van der Waals surface area contributed by atoms with E-state index in [0.717, 1.165) is 34.0 Å². The largest absolute Gasteiger partial charge is 0.486 e. The Balaban J connectivity index is 1.37. The van der Waals surface area contributed by atoms with Crippen LogP contribution in [0.25, 0.3) is 11.3 Å². The molecule has 3 aromatic rings. The fraction of sp³-hybridized carbons (Fsp3) is 0.261. The molecule has 154 valence electrons. The topological polar surface area (TPSA) is 73.3 Å². The summed E-state index contributed by atoms with van der Waals surface area (Å²) in [7, 11) is 0. The average Bonchev–Trinajstić information content (AvgIpc) is 2.77. The highest BCUT2D eigenvalue weighted by Crippen LogP contribution is 2.32. The first kappa shape index (κ1) is 20.2. The first-order valence-electron chi connectivity index (χ1n) is 9.81. The van der Waals surface area contributed by atoms with Crippen molar-refractivity contribution in [2.24, 2.45) is 0 Å². The van der Waals surface area contributed by atoms with Gasteiger partial charge in [0.1, 0.15) is 13.2 Å². The van der Waals surface area contributed by atoms with Crippen molar-refractivity contribution in [3.8, 4) is 22.8 Å². The Bertz CT molecular complexity index is 1040. The molecule has 0 saturated heterocycles. The van der Waals surface area contributed by atoms with E-state index in [1.165, 1.54) is 11.8 Å². The molecule has 6 nitrogen and oxygen atoms in total. The highest BCUT2D eigenvalue weighted by atomic mass is 32.2. The maximum atomic E-state index is 12.5. The summed E-state index contributed by atoms with van der Waals surface area (Å²) < 4.78 is 11.2. The minimum absolute atomic E-state index is 0.0752. The third-order valence-corrected chi connectivity index (χ3v) is 5.53. The van der Waals surface area contributed by atoms with E-state index in [0.29, 0.717) is 18.4 Å². The number of thioether (sulfide) groups is 1. The fourth-order valence-electron chi connectivity index (χ4n) is 3.19. The monoisotopic (exact) mass is 421 g/mol. The van der Waals surface area contributed by atoms with Gasteiger partial charge >= 0.3 is 0 Å². The lowest BCUT2D eigenvalue weighted by Crippen LogP contribution is -2.28. The minimum Gasteiger partial charge on any atom is -0.486 e. The number of aromatic nitrogens is 2. The molecule has 1 N–H and O–H groups in total. The number of nitrogens with zero attached hydrogens (tertiary/aromatic N) is 2. The van der Waals surface area contributed by atoms with Crippen LogP contribution in [-0.2, 0) is 4.79 Å². The first-order valence-corrected chi connectivity index (χ1v) is 10.8. The number of aryl methyl sites for hydroxylation is 1. The number of hydrogen-bond acceptors (Lipinski definition) is 6. The molecule has 4 rings (SSSR count). The van der Waals surface area contributed by atoms with Crippen molar-refractivity contribution in [3.63, 3.8) is 0 Å². The average molecular weight is 422 g/mol. The first-order chi connectivity index (χ1) is 14.6. The summed E-state index contributed by atoms with van der Waals surface area (Å²) in [5.41, 5.74) is 3.73. The van der Waals surface area contributed by atoms with Gasteiger partial charge in [0.05, 0.1) is 17.5 Å². The molecular formula is C23H23N3O3S. The van der Waals surface area contributed by atoms with E-state index in [1.54, 1.807) is 0 Å². The summed E-state index contributed by atoms with van der Waals surface area (Å²) in [4.78, 5) is 21.5. The Hall–Kier alpha value is -3.06. The number of carbonyl (C=O) groups excluding carboxylic acids is 1. The van der Waals surface area contributed by atoms with Crippen LogP contribution in [0.4, 0.5) is 0 Å². The molecule has 1 aromatic heterocycles. The smallest absolute Gasteiger partial charge is 0.230 e. The highest BCUT2D eigenvalue weighted by Gasteiger charge is 2.16. The van der Waals surface area contributed by atoms with E-state index in [-0.39, 0.29) is 17.7 Å². The van der Waals surface area contributed by atoms with Crippen LogP contribution in [0.3, 0.4) is 0 Å². The minimum atomic E-state index is -0.146. The fourth-order valence-corrected chi connectivity index (χ4v) is 3.90. The van der Waals surface area contributed by atoms with Crippen LogP contribution in [0, 0.1) is 6.92 Å². The maximum Gasteiger partial charge on any atom is 0.230 e. The summed E-state index contributed by atoms with van der Waals surface area (Å²) in [6.07, 6.45) is 0. The number of fused-ring (bicyclic) bond motifs is 1. The Morgan fingerprint density at radius 1 is 1.07 bits per heavy atom. The van der Waals surface area contributed by atoms with E-state index in [4.69, 9.17) is 9.47 Å². The number of amides is 1. The summed E-state index contributed by atoms with van der Waals surface area (Å²) in [5, 5.41) is 3.62. The zero-order valence-corrected chi connectivity index (χ0v) is 17.7. The van der Waals surface area contributed by atoms with Crippen molar-refractivity contribution in [2.75, 3.05) is 19.0 Å². The van der Waals surface area contributed by atoms with Crippen LogP contribution in [-0.4, -0.2) is 34.8 Å². The van der Waals surface area contributed by atoms with Crippen molar-refractivity contribution < 1.29 is 14.3 Å². The van der Waals surface area contributed by atoms with Crippen LogP contribution in [0.5, 0.6) is 11.5 Å². The molecule has 1 aliphatic heterocycles. The number of nitrogens with one attached hydrogen (secondary N) is 1. The lowest BCUT2D eigenvalue weighted by molar-refractivity contribution is -0.119. The molecule has 2 aromatic carbocycles. The second-order valence-electron chi connectivity index (χ2n) is 7.02. The van der Waals surface area contributed by atoms with Crippen LogP contribution in [0.2, 0.25) is 0 Å². The molecule has 30 heavy (non-hydrogen) atoms. The second kappa shape index (κ2) is 9.17. The molecule has 0 saturated carbocycles. The summed E-state index contributed by atoms with van der Waals surface area (Å²) in [6, 6.07) is 17.5. The summed E-state index contributed by atoms with van der Waals surface area (Å²) in [6.45, 7) is 4.98. The third-order valence-electron chi connectivity index (χ3n) is 4.68. The van der Waals surface area contributed by atoms with Gasteiger partial charge in [0, 0.05) is 11.3 Å². The molecule has 0 fully saturated rings. The highest BCUT2D eigenvalue weighted by molar-refractivity contribution is 7.99. The van der Waals surface area contributed by atoms with E-state index >= 15 is 0 Å². The molecule has 0 bridgehead atoms. The van der Waals surface area contributed by atoms with Gasteiger partial charge in [-0.15, -0.1) is 0 Å². The van der Waals surface area contributed by atoms with Gasteiger partial charge in [-0.25, -0.2) is 9.97 Å². The Morgan fingerprint density at radius 2 is 1.83 bits per heavy atom. The van der Waals surface area contributed by atoms with Gasteiger partial charge in [-0.3, -0.25) is 4.79 Å². The number of ether oxygens (including phenoxy) is 2. The lowest BCUT2D eigenvalue weighted by Gasteiger charge is -2.21. The molecule has 0 spiro atoms. The van der Waals surface area contributed by atoms with Gasteiger partial charge in [0.15, 0.2) is 16.7 Å². The normalized spacial score (nSPS) is 13.5. The Morgan fingerprint density at radius 3 is 2.63 bits per heavy atom. The summed E-state index contributed by atoms with van der Waals surface area (Å²) >= 11 is 1.33. The van der Waals surface area contributed by atoms with Gasteiger partial charge in [0.2, 0.25) is 5.91 Å². The summed E-state index contributed by atoms with van der Waals surface area (Å²) in [5.74, 6) is 1.63. The molecule has 0 radical (unpaired) electrons. The van der Waals surface area contributed by atoms with Crippen LogP contribution < -0.4 is 14.8 Å². The van der Waals surface area contributed by atoms with Crippen LogP contribution in [0.15, 0.2) is 59.8 Å². The third kappa shape index (κ3) is 4.91. The van der Waals surface area contributed by atoms with E-state index < -0.39 is 0 Å². The zero-order valence-electron chi connectivity index (χ0n) is 16.9. The van der Waals surface area contributed by atoms with Gasteiger partial charge in [0.25, 0.3) is 0 Å². The van der Waals surface area contributed by atoms with Crippen molar-refractivity contribution in [3.05, 3.63) is 65.9 Å². The molecule has 1 aliphatic rings. The molecule has 2 heterocycles. The Labute approximate surface area is 180 Å². The van der Waals surface area contributed by atoms with Crippen molar-refractivity contribution in [1.29, 1.82) is 0 Å². The molecule has 1 amide bonds. The van der Waals surface area contributed by atoms with Crippen molar-refractivity contribution in [2.45, 2.75) is 25.0 Å². The van der Waals surface area contributed by atoms with E-state index in [9.17, 15) is 4.79 Å². The van der Waals surface area contributed by atoms with E-state index in [1.807, 2.05) is 68.4 Å². The maximum absolute atomic E-state index is 12.5. The predicted molar refractivity (Wildman–Crippen MR) is 117 cm³/mol. The van der Waals surface area contributed by atoms with Gasteiger partial charge in [-0.2, -0.15) is 0 Å². The Kier molecular flexibility index (Phi) is 6.18. The number of carbonyl (C=O) groups is 1. The van der Waals surface area contributed by atoms with Gasteiger partial charge in [-0.1, -0.05) is 48.2 Å². The standard InChI is InChI=1S/C23H23N3O3S/c1-15-12-19(17-6-4-3-5-7-17)26-23(24-15)30-14-22(27)25-16(2)18-8-9-20-21(13-18)29-11-10-28-20/h3-9,12-13,16H,10-11,14H2,1-2H3,(H,25,27)/t16-/m0/s1. The van der Waals surface area contributed by atoms with Gasteiger partial charge < -0.3 is 14.8 Å². The number of hydrogen-bond donors (Lipinski definition) is 1. The van der Waals surface area contributed by atoms with E-state index in [2.05, 4.69) is 15.3 Å². The molecular weight excluding hydrogens is 398 g/mol. The lowest BCUT2D eigenvalue weighted by atomic mass is 10.1. The number of benzene rings is 2. The number of rotatable bonds is 6. The van der Waals surface area contributed by atoms with Crippen molar-refractivity contribution >= 4 is 17.7 Å². The van der Waals surface area contributed by atoms with Gasteiger partial charge in [-0.05, 0) is 37.6 Å². The quantitative estimate of drug-likeness (QED) is 0.475.